The van der Waals surface area contributed by atoms with Crippen LogP contribution in [0.3, 0.4) is 0 Å². The van der Waals surface area contributed by atoms with Crippen molar-refractivity contribution in [1.82, 2.24) is 4.90 Å². The lowest BCUT2D eigenvalue weighted by Gasteiger charge is -2.37. The number of carbonyl (C=O) groups is 2. The second-order valence-corrected chi connectivity index (χ2v) is 4.70. The average Bonchev–Trinajstić information content (AvgIpc) is 2.41. The summed E-state index contributed by atoms with van der Waals surface area (Å²) in [5.41, 5.74) is 0.686. The molecule has 1 fully saturated rings. The fraction of sp³-hybridized carbons (Fsp3) is 0.429. The fourth-order valence-electron chi connectivity index (χ4n) is 2.14. The van der Waals surface area contributed by atoms with E-state index in [0.29, 0.717) is 18.7 Å². The number of rotatable bonds is 2. The van der Waals surface area contributed by atoms with Gasteiger partial charge >= 0.3 is 5.97 Å². The molecule has 102 valence electrons. The van der Waals surface area contributed by atoms with Gasteiger partial charge in [0.1, 0.15) is 0 Å². The summed E-state index contributed by atoms with van der Waals surface area (Å²) >= 11 is 0. The lowest BCUT2D eigenvalue weighted by molar-refractivity contribution is -0.0440. The van der Waals surface area contributed by atoms with Crippen LogP contribution >= 0.6 is 0 Å². The number of carboxylic acids is 1. The van der Waals surface area contributed by atoms with Gasteiger partial charge in [-0.3, -0.25) is 4.79 Å². The van der Waals surface area contributed by atoms with Crippen molar-refractivity contribution in [2.75, 3.05) is 13.2 Å². The molecule has 1 aliphatic rings. The van der Waals surface area contributed by atoms with E-state index in [2.05, 4.69) is 0 Å². The van der Waals surface area contributed by atoms with E-state index in [4.69, 9.17) is 9.84 Å². The van der Waals surface area contributed by atoms with Crippen molar-refractivity contribution in [3.8, 4) is 0 Å². The van der Waals surface area contributed by atoms with E-state index in [9.17, 15) is 9.59 Å². The summed E-state index contributed by atoms with van der Waals surface area (Å²) in [6, 6.07) is 6.02. The molecule has 1 aromatic carbocycles. The highest BCUT2D eigenvalue weighted by molar-refractivity contribution is 5.96. The molecular formula is C14H17NO4. The van der Waals surface area contributed by atoms with Crippen LogP contribution in [0.1, 0.15) is 34.6 Å². The molecule has 0 aliphatic carbocycles. The molecule has 5 nitrogen and oxygen atoms in total. The Bertz CT molecular complexity index is 483. The van der Waals surface area contributed by atoms with Crippen LogP contribution in [0.2, 0.25) is 0 Å². The van der Waals surface area contributed by atoms with Gasteiger partial charge in [-0.25, -0.2) is 4.79 Å². The Morgan fingerprint density at radius 3 is 2.37 bits per heavy atom. The molecule has 5 heteroatoms. The normalized spacial score (nSPS) is 23.2. The lowest BCUT2D eigenvalue weighted by atomic mass is 10.1. The molecular weight excluding hydrogens is 246 g/mol. The Morgan fingerprint density at radius 1 is 1.21 bits per heavy atom. The molecule has 1 amide bonds. The first kappa shape index (κ1) is 13.5. The van der Waals surface area contributed by atoms with Gasteiger partial charge in [-0.1, -0.05) is 0 Å². The van der Waals surface area contributed by atoms with Crippen LogP contribution in [-0.4, -0.2) is 47.2 Å². The molecule has 1 aliphatic heterocycles. The van der Waals surface area contributed by atoms with Crippen LogP contribution < -0.4 is 0 Å². The number of morpholine rings is 1. The molecule has 1 aromatic rings. The van der Waals surface area contributed by atoms with Crippen LogP contribution in [0, 0.1) is 0 Å². The Kier molecular flexibility index (Phi) is 3.85. The molecule has 2 unspecified atom stereocenters. The maximum atomic E-state index is 12.4. The second-order valence-electron chi connectivity index (χ2n) is 4.70. The molecule has 1 heterocycles. The predicted octanol–water partition coefficient (Wildman–Crippen LogP) is 1.63. The minimum atomic E-state index is -0.993. The first-order valence-electron chi connectivity index (χ1n) is 6.26. The molecule has 2 rings (SSSR count). The quantitative estimate of drug-likeness (QED) is 0.880. The van der Waals surface area contributed by atoms with Crippen molar-refractivity contribution in [2.45, 2.75) is 26.0 Å². The monoisotopic (exact) mass is 263 g/mol. The first-order valence-corrected chi connectivity index (χ1v) is 6.26. The van der Waals surface area contributed by atoms with Crippen molar-refractivity contribution in [3.05, 3.63) is 35.4 Å². The Hall–Kier alpha value is -1.88. The van der Waals surface area contributed by atoms with Crippen LogP contribution in [0.4, 0.5) is 0 Å². The van der Waals surface area contributed by atoms with Gasteiger partial charge in [0.2, 0.25) is 0 Å². The van der Waals surface area contributed by atoms with Gasteiger partial charge in [-0.15, -0.1) is 0 Å². The minimum Gasteiger partial charge on any atom is -0.478 e. The molecule has 1 saturated heterocycles. The van der Waals surface area contributed by atoms with Gasteiger partial charge in [0.15, 0.2) is 0 Å². The van der Waals surface area contributed by atoms with Crippen LogP contribution in [0.15, 0.2) is 24.3 Å². The largest absolute Gasteiger partial charge is 0.478 e. The number of carbonyl (C=O) groups excluding carboxylic acids is 1. The summed E-state index contributed by atoms with van der Waals surface area (Å²) in [6.45, 7) is 4.99. The lowest BCUT2D eigenvalue weighted by Crippen LogP contribution is -2.51. The molecule has 0 aromatic heterocycles. The molecule has 0 radical (unpaired) electrons. The summed E-state index contributed by atoms with van der Waals surface area (Å²) in [5, 5.41) is 8.83. The molecule has 1 N–H and O–H groups in total. The van der Waals surface area contributed by atoms with Crippen molar-refractivity contribution in [1.29, 1.82) is 0 Å². The fourth-order valence-corrected chi connectivity index (χ4v) is 2.14. The highest BCUT2D eigenvalue weighted by atomic mass is 16.5. The Balaban J connectivity index is 2.17. The van der Waals surface area contributed by atoms with Crippen LogP contribution in [0.5, 0.6) is 0 Å². The van der Waals surface area contributed by atoms with Gasteiger partial charge in [0, 0.05) is 12.1 Å². The summed E-state index contributed by atoms with van der Waals surface area (Å²) < 4.78 is 5.49. The molecule has 19 heavy (non-hydrogen) atoms. The molecule has 2 atom stereocenters. The van der Waals surface area contributed by atoms with Gasteiger partial charge in [-0.05, 0) is 38.1 Å². The maximum Gasteiger partial charge on any atom is 0.335 e. The zero-order valence-electron chi connectivity index (χ0n) is 11.0. The Morgan fingerprint density at radius 2 is 1.79 bits per heavy atom. The number of ether oxygens (including phenoxy) is 1. The number of hydrogen-bond acceptors (Lipinski definition) is 3. The van der Waals surface area contributed by atoms with Crippen molar-refractivity contribution < 1.29 is 19.4 Å². The Labute approximate surface area is 111 Å². The van der Waals surface area contributed by atoms with Crippen molar-refractivity contribution >= 4 is 11.9 Å². The zero-order chi connectivity index (χ0) is 14.0. The molecule has 0 bridgehead atoms. The average molecular weight is 263 g/mol. The number of amides is 1. The smallest absolute Gasteiger partial charge is 0.335 e. The highest BCUT2D eigenvalue weighted by Crippen LogP contribution is 2.17. The molecule has 0 spiro atoms. The van der Waals surface area contributed by atoms with E-state index in [1.54, 1.807) is 17.0 Å². The zero-order valence-corrected chi connectivity index (χ0v) is 11.0. The SMILES string of the molecule is CC1OCCN(C(=O)c2ccc(C(=O)O)cc2)C1C. The van der Waals surface area contributed by atoms with Crippen LogP contribution in [0.25, 0.3) is 0 Å². The first-order chi connectivity index (χ1) is 9.00. The second kappa shape index (κ2) is 5.40. The van der Waals surface area contributed by atoms with E-state index in [1.807, 2.05) is 13.8 Å². The van der Waals surface area contributed by atoms with Crippen molar-refractivity contribution in [3.63, 3.8) is 0 Å². The highest BCUT2D eigenvalue weighted by Gasteiger charge is 2.29. The molecule has 0 saturated carbocycles. The van der Waals surface area contributed by atoms with E-state index in [-0.39, 0.29) is 23.6 Å². The topological polar surface area (TPSA) is 66.8 Å². The van der Waals surface area contributed by atoms with E-state index in [0.717, 1.165) is 0 Å². The van der Waals surface area contributed by atoms with Gasteiger partial charge in [0.05, 0.1) is 24.3 Å². The van der Waals surface area contributed by atoms with E-state index < -0.39 is 5.97 Å². The predicted molar refractivity (Wildman–Crippen MR) is 69.3 cm³/mol. The van der Waals surface area contributed by atoms with Crippen LogP contribution in [-0.2, 0) is 4.74 Å². The van der Waals surface area contributed by atoms with Gasteiger partial charge in [-0.2, -0.15) is 0 Å². The number of hydrogen-bond donors (Lipinski definition) is 1. The third-order valence-corrected chi connectivity index (χ3v) is 3.52. The maximum absolute atomic E-state index is 12.4. The summed E-state index contributed by atoms with van der Waals surface area (Å²) in [4.78, 5) is 24.9. The van der Waals surface area contributed by atoms with E-state index in [1.165, 1.54) is 12.1 Å². The third-order valence-electron chi connectivity index (χ3n) is 3.52. The van der Waals surface area contributed by atoms with Gasteiger partial charge in [0.25, 0.3) is 5.91 Å². The summed E-state index contributed by atoms with van der Waals surface area (Å²) in [5.74, 6) is -1.08. The summed E-state index contributed by atoms with van der Waals surface area (Å²) in [7, 11) is 0. The summed E-state index contributed by atoms with van der Waals surface area (Å²) in [6.07, 6.45) is 0.0102. The van der Waals surface area contributed by atoms with Crippen molar-refractivity contribution in [2.24, 2.45) is 0 Å². The number of benzene rings is 1. The number of carboxylic acid groups (broad SMARTS) is 1. The number of aromatic carboxylic acids is 1. The van der Waals surface area contributed by atoms with E-state index >= 15 is 0 Å². The standard InChI is InChI=1S/C14H17NO4/c1-9-10(2)19-8-7-15(9)13(16)11-3-5-12(6-4-11)14(17)18/h3-6,9-10H,7-8H2,1-2H3,(H,17,18). The minimum absolute atomic E-state index is 0.0102. The number of nitrogens with zero attached hydrogens (tertiary/aromatic N) is 1. The van der Waals surface area contributed by atoms with Gasteiger partial charge < -0.3 is 14.7 Å². The third kappa shape index (κ3) is 2.76.